The number of hydrogen-bond acceptors (Lipinski definition) is 5. The van der Waals surface area contributed by atoms with Crippen molar-refractivity contribution in [3.8, 4) is 0 Å². The van der Waals surface area contributed by atoms with Crippen LogP contribution in [0.3, 0.4) is 0 Å². The van der Waals surface area contributed by atoms with Gasteiger partial charge in [-0.2, -0.15) is 0 Å². The van der Waals surface area contributed by atoms with E-state index in [4.69, 9.17) is 4.74 Å². The molecule has 4 aliphatic heterocycles. The van der Waals surface area contributed by atoms with Crippen LogP contribution in [0.15, 0.2) is 54.6 Å². The molecule has 0 bridgehead atoms. The lowest BCUT2D eigenvalue weighted by Crippen LogP contribution is -2.59. The number of rotatable bonds is 8. The Hall–Kier alpha value is -2.97. The molecule has 0 aromatic heterocycles. The number of aliphatic hydroxyl groups excluding tert-OH is 1. The predicted molar refractivity (Wildman–Crippen MR) is 149 cm³/mol. The molecule has 5 rings (SSSR count). The number of fused-ring (bicyclic) bond motifs is 2. The van der Waals surface area contributed by atoms with E-state index in [1.807, 2.05) is 75.4 Å². The highest BCUT2D eigenvalue weighted by atomic mass is 16.5. The molecule has 7 atom stereocenters. The van der Waals surface area contributed by atoms with Gasteiger partial charge in [0, 0.05) is 25.3 Å². The standard InChI is InChI=1S/C31H41N3O5/c1-5-7-17-32-18-12-16-31-25(28(37)34(26(31)29(32)38)23(20-35)21(3)6-2)24-27(36)33(22-13-9-8-10-14-22)19-11-15-30(24,4)39-31/h8-16,21,23-26,35H,5-7,17-20H2,1-4H3/t21-,23-,24+,25-,26?,30-,31-/m0/s1. The number of ether oxygens (including phenoxy) is 1. The minimum absolute atomic E-state index is 0.0455. The van der Waals surface area contributed by atoms with E-state index in [1.165, 1.54) is 0 Å². The summed E-state index contributed by atoms with van der Waals surface area (Å²) >= 11 is 0. The highest BCUT2D eigenvalue weighted by molar-refractivity contribution is 6.04. The van der Waals surface area contributed by atoms with Crippen LogP contribution < -0.4 is 4.90 Å². The molecular weight excluding hydrogens is 494 g/mol. The Morgan fingerprint density at radius 1 is 1.00 bits per heavy atom. The molecule has 8 nitrogen and oxygen atoms in total. The Morgan fingerprint density at radius 2 is 1.72 bits per heavy atom. The van der Waals surface area contributed by atoms with Crippen molar-refractivity contribution in [2.45, 2.75) is 70.2 Å². The molecule has 4 aliphatic rings. The normalized spacial score (nSPS) is 33.5. The Labute approximate surface area is 231 Å². The molecule has 1 aromatic carbocycles. The first-order valence-electron chi connectivity index (χ1n) is 14.4. The monoisotopic (exact) mass is 535 g/mol. The zero-order valence-electron chi connectivity index (χ0n) is 23.5. The Morgan fingerprint density at radius 3 is 2.38 bits per heavy atom. The fourth-order valence-corrected chi connectivity index (χ4v) is 7.07. The van der Waals surface area contributed by atoms with Gasteiger partial charge in [0.2, 0.25) is 17.7 Å². The predicted octanol–water partition coefficient (Wildman–Crippen LogP) is 3.17. The van der Waals surface area contributed by atoms with Crippen molar-refractivity contribution in [3.05, 3.63) is 54.6 Å². The maximum absolute atomic E-state index is 14.6. The van der Waals surface area contributed by atoms with Crippen LogP contribution in [0.5, 0.6) is 0 Å². The number of hydrogen-bond donors (Lipinski definition) is 1. The molecule has 2 fully saturated rings. The zero-order chi connectivity index (χ0) is 27.9. The molecule has 1 N–H and O–H groups in total. The van der Waals surface area contributed by atoms with Crippen molar-refractivity contribution in [2.75, 3.05) is 31.1 Å². The lowest BCUT2D eigenvalue weighted by Gasteiger charge is -2.41. The van der Waals surface area contributed by atoms with Gasteiger partial charge in [0.25, 0.3) is 0 Å². The van der Waals surface area contributed by atoms with Crippen molar-refractivity contribution in [2.24, 2.45) is 17.8 Å². The van der Waals surface area contributed by atoms with Crippen LogP contribution in [-0.4, -0.2) is 82.2 Å². The minimum Gasteiger partial charge on any atom is -0.394 e. The molecule has 0 radical (unpaired) electrons. The van der Waals surface area contributed by atoms with Crippen LogP contribution in [0.1, 0.15) is 47.0 Å². The number of nitrogens with zero attached hydrogens (tertiary/aromatic N) is 3. The summed E-state index contributed by atoms with van der Waals surface area (Å²) in [4.78, 5) is 48.4. The molecule has 2 saturated heterocycles. The number of para-hydroxylation sites is 1. The van der Waals surface area contributed by atoms with E-state index in [0.717, 1.165) is 24.9 Å². The smallest absolute Gasteiger partial charge is 0.249 e. The van der Waals surface area contributed by atoms with Gasteiger partial charge >= 0.3 is 0 Å². The summed E-state index contributed by atoms with van der Waals surface area (Å²) in [6, 6.07) is 7.93. The van der Waals surface area contributed by atoms with Gasteiger partial charge in [-0.3, -0.25) is 14.4 Å². The quantitative estimate of drug-likeness (QED) is 0.517. The van der Waals surface area contributed by atoms with E-state index in [2.05, 4.69) is 6.92 Å². The van der Waals surface area contributed by atoms with E-state index in [1.54, 1.807) is 14.7 Å². The highest BCUT2D eigenvalue weighted by Crippen LogP contribution is 2.58. The van der Waals surface area contributed by atoms with Gasteiger partial charge in [-0.1, -0.05) is 76.1 Å². The van der Waals surface area contributed by atoms with Gasteiger partial charge in [-0.05, 0) is 31.4 Å². The Balaban J connectivity index is 1.65. The molecule has 0 aliphatic carbocycles. The molecule has 0 saturated carbocycles. The fraction of sp³-hybridized carbons (Fsp3) is 0.581. The highest BCUT2D eigenvalue weighted by Gasteiger charge is 2.75. The van der Waals surface area contributed by atoms with E-state index in [-0.39, 0.29) is 30.2 Å². The van der Waals surface area contributed by atoms with Gasteiger partial charge in [-0.15, -0.1) is 0 Å². The first kappa shape index (κ1) is 27.6. The molecule has 210 valence electrons. The van der Waals surface area contributed by atoms with Crippen LogP contribution in [-0.2, 0) is 19.1 Å². The number of anilines is 1. The third kappa shape index (κ3) is 4.23. The van der Waals surface area contributed by atoms with Gasteiger partial charge in [0.1, 0.15) is 11.6 Å². The average Bonchev–Trinajstić information content (AvgIpc) is 3.20. The van der Waals surface area contributed by atoms with Crippen LogP contribution >= 0.6 is 0 Å². The van der Waals surface area contributed by atoms with Crippen molar-refractivity contribution in [3.63, 3.8) is 0 Å². The SMILES string of the molecule is CCCCN1CC=C[C@]23O[C@@]4(C)C=CCN(c5ccccc5)C(=O)[C@H]4[C@H]2C(=O)N([C@@H](CO)[C@@H](C)CC)C3C1=O. The molecular formula is C31H41N3O5. The molecule has 1 aromatic rings. The summed E-state index contributed by atoms with van der Waals surface area (Å²) in [6.07, 6.45) is 10.1. The average molecular weight is 536 g/mol. The van der Waals surface area contributed by atoms with E-state index in [9.17, 15) is 19.5 Å². The van der Waals surface area contributed by atoms with Crippen LogP contribution in [0.2, 0.25) is 0 Å². The first-order valence-corrected chi connectivity index (χ1v) is 14.4. The summed E-state index contributed by atoms with van der Waals surface area (Å²) in [6.45, 7) is 9.04. The summed E-state index contributed by atoms with van der Waals surface area (Å²) in [7, 11) is 0. The van der Waals surface area contributed by atoms with Gasteiger partial charge < -0.3 is 24.5 Å². The molecule has 8 heteroatoms. The molecule has 39 heavy (non-hydrogen) atoms. The maximum atomic E-state index is 14.6. The molecule has 3 amide bonds. The van der Waals surface area contributed by atoms with Crippen molar-refractivity contribution in [1.29, 1.82) is 0 Å². The van der Waals surface area contributed by atoms with Crippen molar-refractivity contribution < 1.29 is 24.2 Å². The fourth-order valence-electron chi connectivity index (χ4n) is 7.07. The first-order chi connectivity index (χ1) is 18.7. The number of benzene rings is 1. The second-order valence-corrected chi connectivity index (χ2v) is 11.6. The molecule has 1 unspecified atom stereocenters. The van der Waals surface area contributed by atoms with Crippen LogP contribution in [0.4, 0.5) is 5.69 Å². The second kappa shape index (κ2) is 10.5. The van der Waals surface area contributed by atoms with Crippen LogP contribution in [0.25, 0.3) is 0 Å². The summed E-state index contributed by atoms with van der Waals surface area (Å²) < 4.78 is 6.90. The van der Waals surface area contributed by atoms with Crippen molar-refractivity contribution >= 4 is 23.4 Å². The third-order valence-electron chi connectivity index (χ3n) is 9.27. The van der Waals surface area contributed by atoms with Gasteiger partial charge in [-0.25, -0.2) is 0 Å². The number of amides is 3. The largest absolute Gasteiger partial charge is 0.394 e. The summed E-state index contributed by atoms with van der Waals surface area (Å²) in [5.74, 6) is -2.43. The third-order valence-corrected chi connectivity index (χ3v) is 9.27. The second-order valence-electron chi connectivity index (χ2n) is 11.6. The maximum Gasteiger partial charge on any atom is 0.249 e. The zero-order valence-corrected chi connectivity index (χ0v) is 23.5. The number of carbonyl (C=O) groups is 3. The summed E-state index contributed by atoms with van der Waals surface area (Å²) in [5, 5.41) is 10.5. The van der Waals surface area contributed by atoms with Crippen LogP contribution in [0, 0.1) is 17.8 Å². The van der Waals surface area contributed by atoms with Gasteiger partial charge in [0.05, 0.1) is 30.1 Å². The van der Waals surface area contributed by atoms with E-state index >= 15 is 0 Å². The number of aliphatic hydroxyl groups is 1. The lowest BCUT2D eigenvalue weighted by molar-refractivity contribution is -0.155. The molecule has 1 spiro atoms. The summed E-state index contributed by atoms with van der Waals surface area (Å²) in [5.41, 5.74) is -1.63. The van der Waals surface area contributed by atoms with E-state index in [0.29, 0.717) is 19.6 Å². The Kier molecular flexibility index (Phi) is 7.46. The topological polar surface area (TPSA) is 90.4 Å². The Bertz CT molecular complexity index is 1170. The lowest BCUT2D eigenvalue weighted by atomic mass is 9.74. The van der Waals surface area contributed by atoms with E-state index < -0.39 is 35.1 Å². The minimum atomic E-state index is -1.31. The number of unbranched alkanes of at least 4 members (excludes halogenated alkanes) is 1. The number of likely N-dealkylation sites (tertiary alicyclic amines) is 1. The van der Waals surface area contributed by atoms with Gasteiger partial charge in [0.15, 0.2) is 0 Å². The molecule has 4 heterocycles. The van der Waals surface area contributed by atoms with Crippen molar-refractivity contribution in [1.82, 2.24) is 9.80 Å². The number of carbonyl (C=O) groups excluding carboxylic acids is 3.